The Morgan fingerprint density at radius 1 is 0.582 bits per heavy atom. The fourth-order valence-corrected chi connectivity index (χ4v) is 7.68. The van der Waals surface area contributed by atoms with E-state index in [0.29, 0.717) is 16.8 Å². The van der Waals surface area contributed by atoms with E-state index in [1.807, 2.05) is 0 Å². The molecule has 3 rings (SSSR count). The Balaban J connectivity index is 1.77. The fraction of sp³-hybridized carbons (Fsp3) is 0.449. The van der Waals surface area contributed by atoms with E-state index in [1.165, 1.54) is 19.4 Å². The normalized spacial score (nSPS) is 13.8. The number of carboxylic acid groups (broad SMARTS) is 1. The van der Waals surface area contributed by atoms with Gasteiger partial charge in [0, 0.05) is 56.4 Å². The first kappa shape index (κ1) is 64.5. The number of aliphatic imine (C=N–C) groups is 2. The number of aromatic amines is 1. The minimum absolute atomic E-state index is 0.0245. The Bertz CT molecular complexity index is 2570. The Kier molecular flexibility index (Phi) is 27.8. The van der Waals surface area contributed by atoms with Gasteiger partial charge in [0.2, 0.25) is 53.2 Å². The molecule has 0 bridgehead atoms. The average Bonchev–Trinajstić information content (AvgIpc) is 3.93. The third kappa shape index (κ3) is 24.8. The number of carbonyl (C=O) groups is 10. The van der Waals surface area contributed by atoms with Crippen molar-refractivity contribution in [1.82, 2.24) is 52.5 Å². The minimum Gasteiger partial charge on any atom is -0.481 e. The molecule has 1 unspecified atom stereocenters. The number of nitrogens with two attached hydrogens (primary N) is 6. The Morgan fingerprint density at radius 3 is 1.52 bits per heavy atom. The highest BCUT2D eigenvalue weighted by atomic mass is 32.1. The number of imidazole rings is 1. The van der Waals surface area contributed by atoms with Crippen molar-refractivity contribution in [3.05, 3.63) is 90.0 Å². The molecular formula is C49H72N18O11S. The number of nitrogens with zero attached hydrogens (tertiary/aromatic N) is 3. The summed E-state index contributed by atoms with van der Waals surface area (Å²) in [6.45, 7) is 0.701. The molecule has 79 heavy (non-hydrogen) atoms. The Labute approximate surface area is 460 Å². The van der Waals surface area contributed by atoms with Crippen LogP contribution < -0.4 is 76.9 Å². The summed E-state index contributed by atoms with van der Waals surface area (Å²) in [7, 11) is 0. The molecule has 3 aromatic rings. The van der Waals surface area contributed by atoms with Gasteiger partial charge >= 0.3 is 5.97 Å². The zero-order chi connectivity index (χ0) is 58.4. The van der Waals surface area contributed by atoms with Gasteiger partial charge in [0.05, 0.1) is 18.9 Å². The number of aromatic nitrogens is 2. The summed E-state index contributed by atoms with van der Waals surface area (Å²) in [4.78, 5) is 147. The molecule has 29 nitrogen and oxygen atoms in total. The lowest BCUT2D eigenvalue weighted by Gasteiger charge is -2.27. The van der Waals surface area contributed by atoms with Crippen LogP contribution in [0.25, 0.3) is 0 Å². The quantitative estimate of drug-likeness (QED) is 0.0113. The van der Waals surface area contributed by atoms with Gasteiger partial charge in [0.1, 0.15) is 42.3 Å². The fourth-order valence-electron chi connectivity index (χ4n) is 7.42. The lowest BCUT2D eigenvalue weighted by atomic mass is 10.0. The monoisotopic (exact) mass is 1120 g/mol. The molecule has 0 aliphatic rings. The lowest BCUT2D eigenvalue weighted by molar-refractivity contribution is -0.137. The first-order valence-electron chi connectivity index (χ1n) is 25.0. The van der Waals surface area contributed by atoms with Crippen LogP contribution in [0.15, 0.2) is 83.2 Å². The third-order valence-corrected chi connectivity index (χ3v) is 12.0. The van der Waals surface area contributed by atoms with Gasteiger partial charge in [0.25, 0.3) is 0 Å². The highest BCUT2D eigenvalue weighted by Crippen LogP contribution is 2.10. The third-order valence-electron chi connectivity index (χ3n) is 11.6. The molecule has 0 saturated heterocycles. The molecule has 22 N–H and O–H groups in total. The summed E-state index contributed by atoms with van der Waals surface area (Å²) in [6.07, 6.45) is 2.16. The number of nitrogens with one attached hydrogen (secondary N) is 9. The van der Waals surface area contributed by atoms with Crippen molar-refractivity contribution >= 4 is 83.7 Å². The smallest absolute Gasteiger partial charge is 0.303 e. The second-order valence-corrected chi connectivity index (χ2v) is 18.4. The molecule has 1 heterocycles. The maximum absolute atomic E-state index is 14.4. The van der Waals surface area contributed by atoms with Gasteiger partial charge in [-0.05, 0) is 50.2 Å². The van der Waals surface area contributed by atoms with Crippen LogP contribution in [0.1, 0.15) is 62.3 Å². The average molecular weight is 1120 g/mol. The van der Waals surface area contributed by atoms with Gasteiger partial charge in [-0.2, -0.15) is 12.6 Å². The molecule has 9 amide bonds. The maximum Gasteiger partial charge on any atom is 0.303 e. The summed E-state index contributed by atoms with van der Waals surface area (Å²) in [5, 5.41) is 29.2. The molecule has 0 spiro atoms. The lowest BCUT2D eigenvalue weighted by Crippen LogP contribution is -2.60. The van der Waals surface area contributed by atoms with Crippen molar-refractivity contribution < 1.29 is 53.1 Å². The number of carbonyl (C=O) groups excluding carboxylic acids is 9. The van der Waals surface area contributed by atoms with Gasteiger partial charge in [-0.3, -0.25) is 57.9 Å². The summed E-state index contributed by atoms with van der Waals surface area (Å²) in [6, 6.07) is 6.86. The maximum atomic E-state index is 14.4. The molecule has 8 atom stereocenters. The number of carboxylic acids is 1. The van der Waals surface area contributed by atoms with Crippen LogP contribution in [0.3, 0.4) is 0 Å². The number of H-pyrrole nitrogens is 1. The summed E-state index contributed by atoms with van der Waals surface area (Å²) in [5.41, 5.74) is 35.3. The van der Waals surface area contributed by atoms with Gasteiger partial charge in [-0.25, -0.2) is 4.98 Å². The van der Waals surface area contributed by atoms with Gasteiger partial charge < -0.3 is 87.0 Å². The van der Waals surface area contributed by atoms with E-state index < -0.39 is 120 Å². The molecule has 0 saturated carbocycles. The molecule has 0 aliphatic carbocycles. The van der Waals surface area contributed by atoms with E-state index in [-0.39, 0.29) is 82.1 Å². The molecule has 0 radical (unpaired) electrons. The number of hydrogen-bond donors (Lipinski definition) is 17. The van der Waals surface area contributed by atoms with Crippen molar-refractivity contribution in [3.8, 4) is 0 Å². The number of thiol groups is 1. The molecule has 1 aromatic heterocycles. The van der Waals surface area contributed by atoms with Gasteiger partial charge in [-0.15, -0.1) is 0 Å². The number of amides is 9. The Morgan fingerprint density at radius 2 is 1.04 bits per heavy atom. The zero-order valence-electron chi connectivity index (χ0n) is 43.5. The van der Waals surface area contributed by atoms with E-state index in [4.69, 9.17) is 39.5 Å². The molecule has 0 fully saturated rings. The van der Waals surface area contributed by atoms with Crippen LogP contribution in [0.4, 0.5) is 0 Å². The molecule has 430 valence electrons. The van der Waals surface area contributed by atoms with Crippen LogP contribution in [-0.2, 0) is 67.2 Å². The van der Waals surface area contributed by atoms with Crippen LogP contribution in [-0.4, -0.2) is 160 Å². The summed E-state index contributed by atoms with van der Waals surface area (Å²) >= 11 is 4.22. The first-order chi connectivity index (χ1) is 37.6. The van der Waals surface area contributed by atoms with Crippen molar-refractivity contribution in [2.75, 3.05) is 25.4 Å². The number of rotatable bonds is 35. The van der Waals surface area contributed by atoms with Crippen LogP contribution in [0.5, 0.6) is 0 Å². The number of benzene rings is 2. The van der Waals surface area contributed by atoms with Crippen LogP contribution >= 0.6 is 12.6 Å². The predicted octanol–water partition coefficient (Wildman–Crippen LogP) is -5.32. The number of guanidine groups is 2. The van der Waals surface area contributed by atoms with E-state index in [1.54, 1.807) is 60.7 Å². The molecule has 2 aromatic carbocycles. The summed E-state index contributed by atoms with van der Waals surface area (Å²) < 4.78 is 0. The summed E-state index contributed by atoms with van der Waals surface area (Å²) in [5.74, 6) is -9.46. The SMILES string of the molecule is C[C@H](NC(=O)[C@H](Cc1cnc[nH]1)NC(=O)[C@@H](N)CCC(=O)O)C(=O)NCC(=O)N[C@@H](CS)C(=O)N[C@@H](CCCN=C(N)N)C(=O)N[C@@H](Cc1ccccc1)C(=O)N[C@@H](CCCN=C(N)N)C(=O)NC(Cc1ccccc1)C(N)=O. The number of aliphatic carboxylic acids is 1. The molecule has 0 aliphatic heterocycles. The van der Waals surface area contributed by atoms with E-state index >= 15 is 0 Å². The largest absolute Gasteiger partial charge is 0.481 e. The second kappa shape index (κ2) is 34.1. The minimum atomic E-state index is -1.40. The van der Waals surface area contributed by atoms with E-state index in [2.05, 4.69) is 75.1 Å². The number of hydrogen-bond acceptors (Lipinski definition) is 15. The van der Waals surface area contributed by atoms with Gasteiger partial charge in [-0.1, -0.05) is 60.7 Å². The van der Waals surface area contributed by atoms with Gasteiger partial charge in [0.15, 0.2) is 11.9 Å². The molecular weight excluding hydrogens is 1050 g/mol. The van der Waals surface area contributed by atoms with Crippen molar-refractivity contribution in [2.45, 2.75) is 113 Å². The van der Waals surface area contributed by atoms with Crippen LogP contribution in [0, 0.1) is 0 Å². The topological polar surface area (TPSA) is 497 Å². The number of primary amides is 1. The first-order valence-corrected chi connectivity index (χ1v) is 25.6. The Hall–Kier alpha value is -8.80. The van der Waals surface area contributed by atoms with Crippen LogP contribution in [0.2, 0.25) is 0 Å². The standard InChI is InChI=1S/C49H72N18O11S/c1-27(61-45(76)36(22-30-23-56-26-60-30)66-42(73)31(50)16-17-39(69)70)41(72)59-24-38(68)62-37(25-79)47(78)64-33(15-9-19-58-49(54)55)44(75)67-35(21-29-12-6-3-7-13-29)46(77)63-32(14-8-18-57-48(52)53)43(74)65-34(40(51)71)20-28-10-4-2-5-11-28/h2-7,10-13,23,26-27,31-37,79H,8-9,14-22,24-25,50H2,1H3,(H2,51,71)(H,56,60)(H,59,72)(H,61,76)(H,62,68)(H,63,77)(H,64,78)(H,65,74)(H,66,73)(H,67,75)(H,69,70)(H4,52,53,57)(H4,54,55,58)/t27-,31-,32-,33-,34?,35-,36-,37-/m0/s1. The highest BCUT2D eigenvalue weighted by Gasteiger charge is 2.33. The second-order valence-electron chi connectivity index (χ2n) is 18.1. The predicted molar refractivity (Wildman–Crippen MR) is 292 cm³/mol. The highest BCUT2D eigenvalue weighted by molar-refractivity contribution is 7.80. The van der Waals surface area contributed by atoms with Crippen molar-refractivity contribution in [1.29, 1.82) is 0 Å². The van der Waals surface area contributed by atoms with Crippen molar-refractivity contribution in [2.24, 2.45) is 44.4 Å². The van der Waals surface area contributed by atoms with E-state index in [9.17, 15) is 47.9 Å². The molecule has 30 heteroatoms. The zero-order valence-corrected chi connectivity index (χ0v) is 44.4. The van der Waals surface area contributed by atoms with E-state index in [0.717, 1.165) is 0 Å². The van der Waals surface area contributed by atoms with Crippen molar-refractivity contribution in [3.63, 3.8) is 0 Å².